The third-order valence-electron chi connectivity index (χ3n) is 3.04. The molecule has 4 N–H and O–H groups in total. The molecule has 0 unspecified atom stereocenters. The van der Waals surface area contributed by atoms with E-state index in [0.717, 1.165) is 17.7 Å². The molecule has 0 aliphatic rings. The van der Waals surface area contributed by atoms with Gasteiger partial charge in [0.25, 0.3) is 0 Å². The summed E-state index contributed by atoms with van der Waals surface area (Å²) in [5.41, 5.74) is 6.91. The number of benzene rings is 1. The molecule has 0 atom stereocenters. The van der Waals surface area contributed by atoms with Crippen molar-refractivity contribution in [3.05, 3.63) is 47.7 Å². The van der Waals surface area contributed by atoms with Crippen LogP contribution in [-0.4, -0.2) is 29.7 Å². The molecule has 0 aliphatic heterocycles. The van der Waals surface area contributed by atoms with E-state index < -0.39 is 5.97 Å². The first-order valence-corrected chi connectivity index (χ1v) is 6.46. The lowest BCUT2D eigenvalue weighted by atomic mass is 10.1. The van der Waals surface area contributed by atoms with Crippen LogP contribution in [0.1, 0.15) is 15.9 Å². The second kappa shape index (κ2) is 6.60. The highest BCUT2D eigenvalue weighted by Crippen LogP contribution is 2.15. The average molecular weight is 287 g/mol. The Morgan fingerprint density at radius 2 is 2.10 bits per heavy atom. The lowest BCUT2D eigenvalue weighted by Crippen LogP contribution is -2.09. The highest BCUT2D eigenvalue weighted by Gasteiger charge is 2.09. The van der Waals surface area contributed by atoms with Gasteiger partial charge in [0.05, 0.1) is 24.6 Å². The zero-order valence-electron chi connectivity index (χ0n) is 11.7. The maximum Gasteiger partial charge on any atom is 0.337 e. The van der Waals surface area contributed by atoms with Crippen molar-refractivity contribution >= 4 is 17.5 Å². The zero-order chi connectivity index (χ0) is 15.2. The summed E-state index contributed by atoms with van der Waals surface area (Å²) in [5, 5.41) is 12.1. The number of methoxy groups -OCH3 is 1. The Kier molecular flexibility index (Phi) is 4.61. The first-order valence-electron chi connectivity index (χ1n) is 6.46. The molecule has 0 aliphatic carbocycles. The molecule has 0 fully saturated rings. The van der Waals surface area contributed by atoms with E-state index in [2.05, 4.69) is 10.3 Å². The van der Waals surface area contributed by atoms with Gasteiger partial charge in [0, 0.05) is 6.54 Å². The number of rotatable bonds is 6. The molecule has 2 rings (SSSR count). The largest absolute Gasteiger partial charge is 0.497 e. The van der Waals surface area contributed by atoms with E-state index in [0.29, 0.717) is 12.4 Å². The molecule has 0 saturated heterocycles. The maximum atomic E-state index is 11.0. The van der Waals surface area contributed by atoms with Crippen molar-refractivity contribution in [2.75, 3.05) is 24.7 Å². The summed E-state index contributed by atoms with van der Waals surface area (Å²) in [6.45, 7) is 0.641. The fraction of sp³-hybridized carbons (Fsp3) is 0.200. The van der Waals surface area contributed by atoms with Crippen molar-refractivity contribution in [2.45, 2.75) is 6.42 Å². The van der Waals surface area contributed by atoms with Crippen LogP contribution >= 0.6 is 0 Å². The molecule has 0 bridgehead atoms. The summed E-state index contributed by atoms with van der Waals surface area (Å²) >= 11 is 0. The second-order valence-electron chi connectivity index (χ2n) is 4.49. The Labute approximate surface area is 122 Å². The number of aromatic carboxylic acids is 1. The summed E-state index contributed by atoms with van der Waals surface area (Å²) in [7, 11) is 1.63. The van der Waals surface area contributed by atoms with Crippen LogP contribution in [0.5, 0.6) is 5.75 Å². The Morgan fingerprint density at radius 1 is 1.38 bits per heavy atom. The fourth-order valence-electron chi connectivity index (χ4n) is 1.87. The van der Waals surface area contributed by atoms with Crippen LogP contribution in [0.4, 0.5) is 11.5 Å². The van der Waals surface area contributed by atoms with E-state index >= 15 is 0 Å². The number of hydrogen-bond donors (Lipinski definition) is 3. The van der Waals surface area contributed by atoms with Crippen molar-refractivity contribution in [3.63, 3.8) is 0 Å². The van der Waals surface area contributed by atoms with Crippen LogP contribution in [0.15, 0.2) is 36.5 Å². The normalized spacial score (nSPS) is 10.1. The lowest BCUT2D eigenvalue weighted by Gasteiger charge is -2.08. The van der Waals surface area contributed by atoms with Gasteiger partial charge in [0.2, 0.25) is 0 Å². The van der Waals surface area contributed by atoms with Gasteiger partial charge in [0.1, 0.15) is 11.6 Å². The van der Waals surface area contributed by atoms with Gasteiger partial charge in [0.15, 0.2) is 0 Å². The van der Waals surface area contributed by atoms with Gasteiger partial charge >= 0.3 is 5.97 Å². The molecular weight excluding hydrogens is 270 g/mol. The van der Waals surface area contributed by atoms with Crippen LogP contribution in [-0.2, 0) is 6.42 Å². The van der Waals surface area contributed by atoms with Crippen molar-refractivity contribution in [2.24, 2.45) is 0 Å². The second-order valence-corrected chi connectivity index (χ2v) is 4.49. The first-order chi connectivity index (χ1) is 10.1. The van der Waals surface area contributed by atoms with Gasteiger partial charge in [-0.25, -0.2) is 9.78 Å². The molecular formula is C15H17N3O3. The Balaban J connectivity index is 1.93. The number of hydrogen-bond acceptors (Lipinski definition) is 5. The van der Waals surface area contributed by atoms with E-state index in [-0.39, 0.29) is 11.3 Å². The first kappa shape index (κ1) is 14.6. The molecule has 2 aromatic rings. The summed E-state index contributed by atoms with van der Waals surface area (Å²) in [6, 6.07) is 9.21. The van der Waals surface area contributed by atoms with Crippen molar-refractivity contribution in [1.82, 2.24) is 4.98 Å². The molecule has 0 amide bonds. The quantitative estimate of drug-likeness (QED) is 0.752. The van der Waals surface area contributed by atoms with Crippen LogP contribution in [0, 0.1) is 0 Å². The van der Waals surface area contributed by atoms with Crippen molar-refractivity contribution < 1.29 is 14.6 Å². The Hall–Kier alpha value is -2.76. The minimum absolute atomic E-state index is 0.0527. The highest BCUT2D eigenvalue weighted by atomic mass is 16.5. The summed E-state index contributed by atoms with van der Waals surface area (Å²) in [5.74, 6) is 0.251. The third kappa shape index (κ3) is 3.85. The molecule has 1 heterocycles. The van der Waals surface area contributed by atoms with Gasteiger partial charge in [-0.1, -0.05) is 12.1 Å². The highest BCUT2D eigenvalue weighted by molar-refractivity contribution is 5.94. The standard InChI is InChI=1S/C15H17N3O3/c1-21-11-4-2-10(3-5-11)6-7-17-14-8-12(15(19)20)13(16)9-18-14/h2-5,8-9H,6-7,16H2,1H3,(H,17,18)(H,19,20). The minimum Gasteiger partial charge on any atom is -0.497 e. The molecule has 21 heavy (non-hydrogen) atoms. The van der Waals surface area contributed by atoms with Crippen LogP contribution in [0.25, 0.3) is 0 Å². The zero-order valence-corrected chi connectivity index (χ0v) is 11.7. The summed E-state index contributed by atoms with van der Waals surface area (Å²) < 4.78 is 5.10. The number of nitrogens with one attached hydrogen (secondary N) is 1. The predicted molar refractivity (Wildman–Crippen MR) is 80.8 cm³/mol. The van der Waals surface area contributed by atoms with Gasteiger partial charge in [-0.2, -0.15) is 0 Å². The summed E-state index contributed by atoms with van der Waals surface area (Å²) in [6.07, 6.45) is 2.14. The van der Waals surface area contributed by atoms with Gasteiger partial charge in [-0.3, -0.25) is 0 Å². The van der Waals surface area contributed by atoms with Gasteiger partial charge in [-0.05, 0) is 30.2 Å². The number of carboxylic acid groups (broad SMARTS) is 1. The number of anilines is 2. The van der Waals surface area contributed by atoms with E-state index in [1.165, 1.54) is 12.3 Å². The molecule has 0 spiro atoms. The number of ether oxygens (including phenoxy) is 1. The smallest absolute Gasteiger partial charge is 0.337 e. The number of pyridine rings is 1. The van der Waals surface area contributed by atoms with Crippen LogP contribution < -0.4 is 15.8 Å². The van der Waals surface area contributed by atoms with Gasteiger partial charge < -0.3 is 20.9 Å². The monoisotopic (exact) mass is 287 g/mol. The topological polar surface area (TPSA) is 97.5 Å². The number of aromatic nitrogens is 1. The van der Waals surface area contributed by atoms with E-state index in [1.54, 1.807) is 7.11 Å². The van der Waals surface area contributed by atoms with Crippen LogP contribution in [0.3, 0.4) is 0 Å². The lowest BCUT2D eigenvalue weighted by molar-refractivity contribution is 0.0698. The molecule has 0 radical (unpaired) electrons. The third-order valence-corrected chi connectivity index (χ3v) is 3.04. The molecule has 0 saturated carbocycles. The van der Waals surface area contributed by atoms with E-state index in [9.17, 15) is 4.79 Å². The van der Waals surface area contributed by atoms with Gasteiger partial charge in [-0.15, -0.1) is 0 Å². The number of carbonyl (C=O) groups is 1. The van der Waals surface area contributed by atoms with Crippen molar-refractivity contribution in [1.29, 1.82) is 0 Å². The van der Waals surface area contributed by atoms with Crippen LogP contribution in [0.2, 0.25) is 0 Å². The van der Waals surface area contributed by atoms with E-state index in [1.807, 2.05) is 24.3 Å². The average Bonchev–Trinajstić information content (AvgIpc) is 2.49. The number of nitrogen functional groups attached to an aromatic ring is 1. The minimum atomic E-state index is -1.06. The number of nitrogens with zero attached hydrogens (tertiary/aromatic N) is 1. The maximum absolute atomic E-state index is 11.0. The Bertz CT molecular complexity index is 627. The number of nitrogens with two attached hydrogens (primary N) is 1. The molecule has 1 aromatic heterocycles. The number of carboxylic acids is 1. The fourth-order valence-corrected chi connectivity index (χ4v) is 1.87. The molecule has 1 aromatic carbocycles. The molecule has 6 nitrogen and oxygen atoms in total. The van der Waals surface area contributed by atoms with Crippen molar-refractivity contribution in [3.8, 4) is 5.75 Å². The molecule has 110 valence electrons. The summed E-state index contributed by atoms with van der Waals surface area (Å²) in [4.78, 5) is 15.0. The Morgan fingerprint density at radius 3 is 2.71 bits per heavy atom. The van der Waals surface area contributed by atoms with E-state index in [4.69, 9.17) is 15.6 Å². The molecule has 6 heteroatoms. The predicted octanol–water partition coefficient (Wildman–Crippen LogP) is 2.03. The SMILES string of the molecule is COc1ccc(CCNc2cc(C(=O)O)c(N)cn2)cc1.